The molecule has 0 unspecified atom stereocenters. The molecule has 0 spiro atoms. The molecule has 0 amide bonds. The molecule has 1 heterocycles. The highest BCUT2D eigenvalue weighted by Crippen LogP contribution is 2.28. The van der Waals surface area contributed by atoms with Crippen LogP contribution in [0, 0.1) is 13.8 Å². The molecule has 0 radical (unpaired) electrons. The first-order chi connectivity index (χ1) is 14.2. The number of hydrogen-bond donors (Lipinski definition) is 0. The summed E-state index contributed by atoms with van der Waals surface area (Å²) in [7, 11) is 0. The minimum absolute atomic E-state index is 0.823. The van der Waals surface area contributed by atoms with Crippen molar-refractivity contribution in [2.24, 2.45) is 4.99 Å². The van der Waals surface area contributed by atoms with Gasteiger partial charge in [0, 0.05) is 17.8 Å². The molecule has 3 heteroatoms. The fourth-order valence-corrected chi connectivity index (χ4v) is 3.77. The minimum atomic E-state index is 0.823. The van der Waals surface area contributed by atoms with Crippen molar-refractivity contribution in [2.75, 3.05) is 0 Å². The Morgan fingerprint density at radius 2 is 1.38 bits per heavy atom. The number of benzene rings is 4. The molecule has 0 N–H and O–H groups in total. The molecule has 3 nitrogen and oxygen atoms in total. The maximum absolute atomic E-state index is 4.87. The molecule has 5 rings (SSSR count). The Morgan fingerprint density at radius 1 is 0.759 bits per heavy atom. The summed E-state index contributed by atoms with van der Waals surface area (Å²) in [5, 5.41) is 9.49. The zero-order valence-electron chi connectivity index (χ0n) is 16.5. The van der Waals surface area contributed by atoms with Gasteiger partial charge in [0.1, 0.15) is 0 Å². The first kappa shape index (κ1) is 17.4. The summed E-state index contributed by atoms with van der Waals surface area (Å²) in [5.41, 5.74) is 4.32. The number of aryl methyl sites for hydroxylation is 2. The van der Waals surface area contributed by atoms with Gasteiger partial charge in [-0.3, -0.25) is 0 Å². The van der Waals surface area contributed by atoms with Gasteiger partial charge in [0.2, 0.25) is 0 Å². The SMILES string of the molecule is Cc1ccc(-n2nc(C)cc2/N=C/c2c3ccccc3cc3ccccc23)cc1. The third kappa shape index (κ3) is 3.21. The molecule has 0 atom stereocenters. The highest BCUT2D eigenvalue weighted by atomic mass is 15.3. The Kier molecular flexibility index (Phi) is 4.21. The van der Waals surface area contributed by atoms with Crippen LogP contribution in [0.4, 0.5) is 5.82 Å². The van der Waals surface area contributed by atoms with Crippen molar-refractivity contribution in [2.45, 2.75) is 13.8 Å². The van der Waals surface area contributed by atoms with Gasteiger partial charge >= 0.3 is 0 Å². The molecule has 4 aromatic carbocycles. The van der Waals surface area contributed by atoms with Crippen molar-refractivity contribution >= 4 is 33.6 Å². The van der Waals surface area contributed by atoms with Crippen molar-refractivity contribution < 1.29 is 0 Å². The van der Waals surface area contributed by atoms with Gasteiger partial charge in [-0.2, -0.15) is 5.10 Å². The van der Waals surface area contributed by atoms with Crippen LogP contribution >= 0.6 is 0 Å². The Labute approximate surface area is 170 Å². The van der Waals surface area contributed by atoms with E-state index in [2.05, 4.69) is 90.9 Å². The standard InChI is InChI=1S/C26H21N3/c1-18-11-13-22(14-12-18)29-26(15-19(2)28-29)27-17-25-23-9-5-3-7-20(23)16-21-8-4-6-10-24(21)25/h3-17H,1-2H3/b27-17+. The van der Waals surface area contributed by atoms with Gasteiger partial charge in [-0.15, -0.1) is 0 Å². The molecular weight excluding hydrogens is 354 g/mol. The predicted octanol–water partition coefficient (Wildman–Crippen LogP) is 6.55. The van der Waals surface area contributed by atoms with Gasteiger partial charge < -0.3 is 0 Å². The molecule has 0 aliphatic rings. The minimum Gasteiger partial charge on any atom is -0.236 e. The summed E-state index contributed by atoms with van der Waals surface area (Å²) in [4.78, 5) is 4.87. The average molecular weight is 375 g/mol. The molecule has 0 saturated carbocycles. The molecule has 0 aliphatic heterocycles. The fourth-order valence-electron chi connectivity index (χ4n) is 3.77. The molecule has 0 bridgehead atoms. The lowest BCUT2D eigenvalue weighted by molar-refractivity contribution is 0.863. The lowest BCUT2D eigenvalue weighted by Crippen LogP contribution is -1.96. The molecule has 29 heavy (non-hydrogen) atoms. The van der Waals surface area contributed by atoms with Crippen molar-refractivity contribution in [3.8, 4) is 5.69 Å². The zero-order chi connectivity index (χ0) is 19.8. The lowest BCUT2D eigenvalue weighted by Gasteiger charge is -2.08. The normalized spacial score (nSPS) is 11.7. The fraction of sp³-hybridized carbons (Fsp3) is 0.0769. The number of aromatic nitrogens is 2. The number of rotatable bonds is 3. The van der Waals surface area contributed by atoms with Gasteiger partial charge in [0.05, 0.1) is 11.4 Å². The average Bonchev–Trinajstić information content (AvgIpc) is 3.12. The first-order valence-corrected chi connectivity index (χ1v) is 9.77. The Hall–Kier alpha value is -3.72. The van der Waals surface area contributed by atoms with Crippen LogP contribution in [0.5, 0.6) is 0 Å². The second-order valence-electron chi connectivity index (χ2n) is 7.38. The quantitative estimate of drug-likeness (QED) is 0.260. The smallest absolute Gasteiger partial charge is 0.155 e. The molecule has 0 saturated heterocycles. The van der Waals surface area contributed by atoms with Crippen LogP contribution in [-0.2, 0) is 0 Å². The molecule has 1 aromatic heterocycles. The Morgan fingerprint density at radius 3 is 2.03 bits per heavy atom. The number of aliphatic imine (C=N–C) groups is 1. The van der Waals surface area contributed by atoms with E-state index in [1.807, 2.05) is 23.9 Å². The van der Waals surface area contributed by atoms with E-state index < -0.39 is 0 Å². The van der Waals surface area contributed by atoms with E-state index in [0.717, 1.165) is 22.8 Å². The second-order valence-corrected chi connectivity index (χ2v) is 7.38. The summed E-state index contributed by atoms with van der Waals surface area (Å²) in [5.74, 6) is 0.823. The molecule has 140 valence electrons. The zero-order valence-corrected chi connectivity index (χ0v) is 16.5. The Bertz CT molecular complexity index is 1300. The van der Waals surface area contributed by atoms with E-state index >= 15 is 0 Å². The largest absolute Gasteiger partial charge is 0.236 e. The van der Waals surface area contributed by atoms with Crippen molar-refractivity contribution in [1.29, 1.82) is 0 Å². The van der Waals surface area contributed by atoms with Gasteiger partial charge in [0.15, 0.2) is 5.82 Å². The van der Waals surface area contributed by atoms with Crippen LogP contribution in [-0.4, -0.2) is 16.0 Å². The van der Waals surface area contributed by atoms with E-state index in [1.165, 1.54) is 27.1 Å². The van der Waals surface area contributed by atoms with Crippen LogP contribution in [0.1, 0.15) is 16.8 Å². The predicted molar refractivity (Wildman–Crippen MR) is 122 cm³/mol. The first-order valence-electron chi connectivity index (χ1n) is 9.77. The van der Waals surface area contributed by atoms with E-state index in [1.54, 1.807) is 0 Å². The number of nitrogens with zero attached hydrogens (tertiary/aromatic N) is 3. The van der Waals surface area contributed by atoms with Crippen molar-refractivity contribution in [1.82, 2.24) is 9.78 Å². The summed E-state index contributed by atoms with van der Waals surface area (Å²) >= 11 is 0. The van der Waals surface area contributed by atoms with Crippen LogP contribution < -0.4 is 0 Å². The van der Waals surface area contributed by atoms with Gasteiger partial charge in [-0.25, -0.2) is 9.67 Å². The van der Waals surface area contributed by atoms with Crippen LogP contribution in [0.15, 0.2) is 89.9 Å². The van der Waals surface area contributed by atoms with Crippen molar-refractivity contribution in [3.63, 3.8) is 0 Å². The molecule has 0 fully saturated rings. The van der Waals surface area contributed by atoms with Crippen LogP contribution in [0.25, 0.3) is 27.2 Å². The third-order valence-electron chi connectivity index (χ3n) is 5.23. The van der Waals surface area contributed by atoms with E-state index in [9.17, 15) is 0 Å². The van der Waals surface area contributed by atoms with E-state index in [0.29, 0.717) is 0 Å². The highest BCUT2D eigenvalue weighted by Gasteiger charge is 2.08. The van der Waals surface area contributed by atoms with Crippen LogP contribution in [0.3, 0.4) is 0 Å². The third-order valence-corrected chi connectivity index (χ3v) is 5.23. The van der Waals surface area contributed by atoms with Gasteiger partial charge in [-0.1, -0.05) is 66.2 Å². The molecule has 5 aromatic rings. The summed E-state index contributed by atoms with van der Waals surface area (Å²) in [6.07, 6.45) is 1.98. The van der Waals surface area contributed by atoms with Crippen molar-refractivity contribution in [3.05, 3.63) is 102 Å². The van der Waals surface area contributed by atoms with Gasteiger partial charge in [-0.05, 0) is 53.6 Å². The molecule has 0 aliphatic carbocycles. The topological polar surface area (TPSA) is 30.2 Å². The second kappa shape index (κ2) is 7.02. The highest BCUT2D eigenvalue weighted by molar-refractivity contribution is 6.13. The Balaban J connectivity index is 1.68. The summed E-state index contributed by atoms with van der Waals surface area (Å²) < 4.78 is 1.90. The number of fused-ring (bicyclic) bond motifs is 2. The monoisotopic (exact) mass is 375 g/mol. The number of hydrogen-bond acceptors (Lipinski definition) is 2. The van der Waals surface area contributed by atoms with E-state index in [-0.39, 0.29) is 0 Å². The summed E-state index contributed by atoms with van der Waals surface area (Å²) in [6.45, 7) is 4.08. The van der Waals surface area contributed by atoms with E-state index in [4.69, 9.17) is 4.99 Å². The maximum atomic E-state index is 4.87. The lowest BCUT2D eigenvalue weighted by atomic mass is 9.97. The maximum Gasteiger partial charge on any atom is 0.155 e. The van der Waals surface area contributed by atoms with Gasteiger partial charge in [0.25, 0.3) is 0 Å². The van der Waals surface area contributed by atoms with Crippen LogP contribution in [0.2, 0.25) is 0 Å². The summed E-state index contributed by atoms with van der Waals surface area (Å²) in [6, 6.07) is 29.5. The molecular formula is C26H21N3.